The molecule has 0 bridgehead atoms. The maximum absolute atomic E-state index is 5.50. The maximum Gasteiger partial charge on any atom is 0.122 e. The van der Waals surface area contributed by atoms with Crippen LogP contribution in [0.4, 0.5) is 5.69 Å². The number of nitrogens with two attached hydrogens (primary N) is 1. The number of hydrogen-bond donors (Lipinski definition) is 2. The van der Waals surface area contributed by atoms with Crippen molar-refractivity contribution in [2.24, 2.45) is 5.73 Å². The Kier molecular flexibility index (Phi) is 4.90. The molecule has 0 spiro atoms. The molecular weight excluding hydrogens is 244 g/mol. The highest BCUT2D eigenvalue weighted by Crippen LogP contribution is 2.09. The number of anilines is 1. The van der Waals surface area contributed by atoms with Crippen molar-refractivity contribution in [1.82, 2.24) is 9.88 Å². The Morgan fingerprint density at radius 3 is 2.78 bits per heavy atom. The van der Waals surface area contributed by atoms with Crippen molar-refractivity contribution in [3.8, 4) is 0 Å². The summed E-state index contributed by atoms with van der Waals surface area (Å²) < 4.78 is 0. The zero-order valence-electron chi connectivity index (χ0n) is 10.6. The molecule has 2 rings (SSSR count). The van der Waals surface area contributed by atoms with Crippen molar-refractivity contribution >= 4 is 22.9 Å². The fourth-order valence-corrected chi connectivity index (χ4v) is 2.31. The highest BCUT2D eigenvalue weighted by Gasteiger charge is 2.09. The molecule has 1 saturated heterocycles. The van der Waals surface area contributed by atoms with Crippen molar-refractivity contribution in [2.75, 3.05) is 31.5 Å². The van der Waals surface area contributed by atoms with Crippen LogP contribution in [0.3, 0.4) is 0 Å². The summed E-state index contributed by atoms with van der Waals surface area (Å²) in [5.41, 5.74) is 7.20. The van der Waals surface area contributed by atoms with Gasteiger partial charge in [-0.25, -0.2) is 0 Å². The lowest BCUT2D eigenvalue weighted by Crippen LogP contribution is -2.22. The molecule has 1 aromatic rings. The van der Waals surface area contributed by atoms with Crippen LogP contribution < -0.4 is 11.1 Å². The maximum atomic E-state index is 5.50. The first kappa shape index (κ1) is 13.2. The van der Waals surface area contributed by atoms with Crippen LogP contribution in [0.5, 0.6) is 0 Å². The number of aromatic nitrogens is 1. The second-order valence-corrected chi connectivity index (χ2v) is 5.07. The van der Waals surface area contributed by atoms with Gasteiger partial charge in [0.05, 0.1) is 17.6 Å². The van der Waals surface area contributed by atoms with Gasteiger partial charge in [0.25, 0.3) is 0 Å². The van der Waals surface area contributed by atoms with Crippen molar-refractivity contribution in [3.63, 3.8) is 0 Å². The van der Waals surface area contributed by atoms with Gasteiger partial charge in [0.15, 0.2) is 0 Å². The van der Waals surface area contributed by atoms with Gasteiger partial charge >= 0.3 is 0 Å². The van der Waals surface area contributed by atoms with E-state index in [1.54, 1.807) is 6.20 Å². The fraction of sp³-hybridized carbons (Fsp3) is 0.538. The minimum absolute atomic E-state index is 0.343. The fourth-order valence-electron chi connectivity index (χ4n) is 2.19. The molecule has 0 radical (unpaired) electrons. The lowest BCUT2D eigenvalue weighted by Gasteiger charge is -2.14. The molecule has 3 N–H and O–H groups in total. The number of nitrogens with zero attached hydrogens (tertiary/aromatic N) is 2. The summed E-state index contributed by atoms with van der Waals surface area (Å²) in [5, 5.41) is 3.36. The van der Waals surface area contributed by atoms with Crippen molar-refractivity contribution < 1.29 is 0 Å². The monoisotopic (exact) mass is 264 g/mol. The third kappa shape index (κ3) is 3.92. The Balaban J connectivity index is 1.68. The van der Waals surface area contributed by atoms with Crippen LogP contribution in [0, 0.1) is 0 Å². The SMILES string of the molecule is NC(=S)c1ccc(NCCCN2CCCC2)cn1. The highest BCUT2D eigenvalue weighted by molar-refractivity contribution is 7.80. The predicted octanol–water partition coefficient (Wildman–Crippen LogP) is 1.61. The van der Waals surface area contributed by atoms with Gasteiger partial charge in [-0.05, 0) is 51.0 Å². The zero-order valence-corrected chi connectivity index (χ0v) is 11.4. The summed E-state index contributed by atoms with van der Waals surface area (Å²) in [6, 6.07) is 3.82. The van der Waals surface area contributed by atoms with E-state index in [-0.39, 0.29) is 0 Å². The Hall–Kier alpha value is -1.20. The van der Waals surface area contributed by atoms with E-state index in [1.807, 2.05) is 12.1 Å². The normalized spacial score (nSPS) is 15.8. The van der Waals surface area contributed by atoms with E-state index in [4.69, 9.17) is 18.0 Å². The van der Waals surface area contributed by atoms with Gasteiger partial charge in [-0.1, -0.05) is 12.2 Å². The summed E-state index contributed by atoms with van der Waals surface area (Å²) in [5.74, 6) is 0. The van der Waals surface area contributed by atoms with Gasteiger partial charge in [-0.3, -0.25) is 4.98 Å². The second-order valence-electron chi connectivity index (χ2n) is 4.63. The first-order valence-electron chi connectivity index (χ1n) is 6.48. The number of rotatable bonds is 6. The number of likely N-dealkylation sites (tertiary alicyclic amines) is 1. The smallest absolute Gasteiger partial charge is 0.122 e. The van der Waals surface area contributed by atoms with Crippen LogP contribution >= 0.6 is 12.2 Å². The molecular formula is C13H20N4S. The number of pyridine rings is 1. The molecule has 0 saturated carbocycles. The molecule has 1 aromatic heterocycles. The Morgan fingerprint density at radius 1 is 1.39 bits per heavy atom. The van der Waals surface area contributed by atoms with Crippen LogP contribution in [-0.2, 0) is 0 Å². The minimum atomic E-state index is 0.343. The molecule has 0 amide bonds. The van der Waals surface area contributed by atoms with Gasteiger partial charge in [-0.2, -0.15) is 0 Å². The molecule has 4 nitrogen and oxygen atoms in total. The third-order valence-corrected chi connectivity index (χ3v) is 3.40. The zero-order chi connectivity index (χ0) is 12.8. The van der Waals surface area contributed by atoms with Gasteiger partial charge in [0.1, 0.15) is 4.99 Å². The largest absolute Gasteiger partial charge is 0.388 e. The Bertz CT molecular complexity index is 384. The summed E-state index contributed by atoms with van der Waals surface area (Å²) in [4.78, 5) is 7.06. The van der Waals surface area contributed by atoms with Crippen LogP contribution in [0.1, 0.15) is 25.0 Å². The van der Waals surface area contributed by atoms with Crippen LogP contribution in [0.25, 0.3) is 0 Å². The summed E-state index contributed by atoms with van der Waals surface area (Å²) in [6.45, 7) is 4.70. The average Bonchev–Trinajstić information content (AvgIpc) is 2.88. The first-order valence-corrected chi connectivity index (χ1v) is 6.88. The van der Waals surface area contributed by atoms with Crippen molar-refractivity contribution in [1.29, 1.82) is 0 Å². The van der Waals surface area contributed by atoms with Gasteiger partial charge in [0, 0.05) is 6.54 Å². The second kappa shape index (κ2) is 6.66. The quantitative estimate of drug-likeness (QED) is 0.604. The average molecular weight is 264 g/mol. The molecule has 0 aromatic carbocycles. The molecule has 0 aliphatic carbocycles. The van der Waals surface area contributed by atoms with Gasteiger partial charge in [0.2, 0.25) is 0 Å². The van der Waals surface area contributed by atoms with E-state index in [0.29, 0.717) is 10.7 Å². The molecule has 2 heterocycles. The highest BCUT2D eigenvalue weighted by atomic mass is 32.1. The Morgan fingerprint density at radius 2 is 2.17 bits per heavy atom. The lowest BCUT2D eigenvalue weighted by molar-refractivity contribution is 0.337. The molecule has 1 fully saturated rings. The number of hydrogen-bond acceptors (Lipinski definition) is 4. The predicted molar refractivity (Wildman–Crippen MR) is 78.9 cm³/mol. The lowest BCUT2D eigenvalue weighted by atomic mass is 10.3. The summed E-state index contributed by atoms with van der Waals surface area (Å²) in [6.07, 6.45) is 5.66. The van der Waals surface area contributed by atoms with Gasteiger partial charge < -0.3 is 16.0 Å². The molecule has 5 heteroatoms. The summed E-state index contributed by atoms with van der Waals surface area (Å²) in [7, 11) is 0. The standard InChI is InChI=1S/C13H20N4S/c14-13(18)12-5-4-11(10-16-12)15-6-3-9-17-7-1-2-8-17/h4-5,10,15H,1-3,6-9H2,(H2,14,18). The van der Waals surface area contributed by atoms with E-state index in [0.717, 1.165) is 18.7 Å². The molecule has 18 heavy (non-hydrogen) atoms. The summed E-state index contributed by atoms with van der Waals surface area (Å²) >= 11 is 4.86. The van der Waals surface area contributed by atoms with Gasteiger partial charge in [-0.15, -0.1) is 0 Å². The number of nitrogens with one attached hydrogen (secondary N) is 1. The molecule has 0 unspecified atom stereocenters. The van der Waals surface area contributed by atoms with E-state index < -0.39 is 0 Å². The minimum Gasteiger partial charge on any atom is -0.388 e. The van der Waals surface area contributed by atoms with Crippen molar-refractivity contribution in [3.05, 3.63) is 24.0 Å². The van der Waals surface area contributed by atoms with Crippen LogP contribution in [0.2, 0.25) is 0 Å². The first-order chi connectivity index (χ1) is 8.75. The molecule has 1 aliphatic rings. The molecule has 98 valence electrons. The van der Waals surface area contributed by atoms with Crippen LogP contribution in [-0.4, -0.2) is 41.1 Å². The Labute approximate surface area is 114 Å². The van der Waals surface area contributed by atoms with E-state index in [9.17, 15) is 0 Å². The van der Waals surface area contributed by atoms with Crippen LogP contribution in [0.15, 0.2) is 18.3 Å². The van der Waals surface area contributed by atoms with Crippen molar-refractivity contribution in [2.45, 2.75) is 19.3 Å². The molecule has 0 atom stereocenters. The third-order valence-electron chi connectivity index (χ3n) is 3.19. The van der Waals surface area contributed by atoms with E-state index in [1.165, 1.54) is 32.5 Å². The number of thiocarbonyl (C=S) groups is 1. The van der Waals surface area contributed by atoms with E-state index in [2.05, 4.69) is 15.2 Å². The van der Waals surface area contributed by atoms with E-state index >= 15 is 0 Å². The topological polar surface area (TPSA) is 54.2 Å². The molecule has 1 aliphatic heterocycles.